The molecule has 2 atom stereocenters. The Bertz CT molecular complexity index is 486. The SMILES string of the molecule is CCCCCCCCCCCCCCCC(=O)C(C(C)O)N(C)C.COS(=O)(=O)O. The Morgan fingerprint density at radius 3 is 1.47 bits per heavy atom. The van der Waals surface area contributed by atoms with Gasteiger partial charge in [0.15, 0.2) is 5.78 Å². The van der Waals surface area contributed by atoms with Gasteiger partial charge in [0.05, 0.1) is 19.3 Å². The van der Waals surface area contributed by atoms with Crippen LogP contribution in [0.2, 0.25) is 0 Å². The van der Waals surface area contributed by atoms with Gasteiger partial charge in [0.1, 0.15) is 0 Å². The minimum Gasteiger partial charge on any atom is -0.391 e. The molecule has 0 aromatic carbocycles. The molecule has 30 heavy (non-hydrogen) atoms. The summed E-state index contributed by atoms with van der Waals surface area (Å²) in [6.45, 7) is 3.97. The van der Waals surface area contributed by atoms with Gasteiger partial charge >= 0.3 is 10.4 Å². The number of unbranched alkanes of at least 4 members (excludes halogenated alkanes) is 12. The van der Waals surface area contributed by atoms with Crippen LogP contribution in [0.4, 0.5) is 0 Å². The number of likely N-dealkylation sites (N-methyl/N-ethyl adjacent to an activating group) is 1. The molecule has 8 heteroatoms. The van der Waals surface area contributed by atoms with Crippen molar-refractivity contribution in [3.05, 3.63) is 0 Å². The molecule has 0 aliphatic carbocycles. The summed E-state index contributed by atoms with van der Waals surface area (Å²) in [5.74, 6) is 0.179. The molecule has 0 aromatic heterocycles. The van der Waals surface area contributed by atoms with Gasteiger partial charge < -0.3 is 5.11 Å². The van der Waals surface area contributed by atoms with Crippen LogP contribution in [-0.4, -0.2) is 62.1 Å². The van der Waals surface area contributed by atoms with E-state index in [-0.39, 0.29) is 11.8 Å². The van der Waals surface area contributed by atoms with E-state index in [0.717, 1.165) is 20.0 Å². The van der Waals surface area contributed by atoms with Gasteiger partial charge in [0.2, 0.25) is 0 Å². The molecule has 182 valence electrons. The highest BCUT2D eigenvalue weighted by Gasteiger charge is 2.24. The lowest BCUT2D eigenvalue weighted by molar-refractivity contribution is -0.126. The number of carbonyl (C=O) groups excluding carboxylic acids is 1. The van der Waals surface area contributed by atoms with Crippen LogP contribution in [0.15, 0.2) is 0 Å². The summed E-state index contributed by atoms with van der Waals surface area (Å²) >= 11 is 0. The van der Waals surface area contributed by atoms with Gasteiger partial charge in [0.25, 0.3) is 0 Å². The molecule has 0 amide bonds. The first-order valence-corrected chi connectivity index (χ1v) is 12.8. The van der Waals surface area contributed by atoms with E-state index >= 15 is 0 Å². The van der Waals surface area contributed by atoms with Crippen molar-refractivity contribution < 1.29 is 27.1 Å². The molecular weight excluding hydrogens is 406 g/mol. The molecule has 0 aromatic rings. The number of nitrogens with zero attached hydrogens (tertiary/aromatic N) is 1. The number of aliphatic hydroxyl groups is 1. The van der Waals surface area contributed by atoms with Gasteiger partial charge in [-0.25, -0.2) is 0 Å². The highest BCUT2D eigenvalue weighted by atomic mass is 32.3. The second-order valence-electron chi connectivity index (χ2n) is 8.20. The Balaban J connectivity index is 0. The second-order valence-corrected chi connectivity index (χ2v) is 9.39. The summed E-state index contributed by atoms with van der Waals surface area (Å²) in [5, 5.41) is 9.69. The molecule has 2 unspecified atom stereocenters. The molecule has 0 heterocycles. The smallest absolute Gasteiger partial charge is 0.391 e. The van der Waals surface area contributed by atoms with Gasteiger partial charge in [-0.3, -0.25) is 18.4 Å². The zero-order valence-corrected chi connectivity index (χ0v) is 20.8. The fourth-order valence-electron chi connectivity index (χ4n) is 3.45. The van der Waals surface area contributed by atoms with Crippen LogP contribution in [0.1, 0.15) is 104 Å². The molecule has 7 nitrogen and oxygen atoms in total. The van der Waals surface area contributed by atoms with Crippen molar-refractivity contribution in [1.82, 2.24) is 4.90 Å². The van der Waals surface area contributed by atoms with Crippen molar-refractivity contribution in [3.63, 3.8) is 0 Å². The lowest BCUT2D eigenvalue weighted by Crippen LogP contribution is -2.43. The van der Waals surface area contributed by atoms with Crippen LogP contribution in [0, 0.1) is 0 Å². The lowest BCUT2D eigenvalue weighted by Gasteiger charge is -2.25. The molecule has 0 spiro atoms. The van der Waals surface area contributed by atoms with Gasteiger partial charge in [-0.1, -0.05) is 84.0 Å². The molecule has 0 fully saturated rings. The van der Waals surface area contributed by atoms with Crippen LogP contribution >= 0.6 is 0 Å². The molecule has 0 aliphatic rings. The van der Waals surface area contributed by atoms with Crippen molar-refractivity contribution in [2.24, 2.45) is 0 Å². The normalized spacial score (nSPS) is 13.6. The Morgan fingerprint density at radius 2 is 1.20 bits per heavy atom. The summed E-state index contributed by atoms with van der Waals surface area (Å²) < 4.78 is 29.7. The van der Waals surface area contributed by atoms with Crippen LogP contribution in [0.25, 0.3) is 0 Å². The zero-order valence-electron chi connectivity index (χ0n) is 19.9. The first-order chi connectivity index (χ1) is 14.1. The lowest BCUT2D eigenvalue weighted by atomic mass is 10.00. The third-order valence-corrected chi connectivity index (χ3v) is 5.50. The average molecular weight is 454 g/mol. The highest BCUT2D eigenvalue weighted by Crippen LogP contribution is 2.14. The van der Waals surface area contributed by atoms with Gasteiger partial charge in [0, 0.05) is 6.42 Å². The maximum Gasteiger partial charge on any atom is 0.397 e. The maximum atomic E-state index is 12.1. The summed E-state index contributed by atoms with van der Waals surface area (Å²) in [6, 6.07) is -0.345. The number of ketones is 1. The molecule has 0 bridgehead atoms. The molecule has 2 N–H and O–H groups in total. The second kappa shape index (κ2) is 20.4. The number of aliphatic hydroxyl groups excluding tert-OH is 1. The minimum absolute atomic E-state index is 0.179. The van der Waals surface area contributed by atoms with Crippen LogP contribution in [0.3, 0.4) is 0 Å². The Kier molecular flexibility index (Phi) is 21.5. The first kappa shape index (κ1) is 31.6. The number of carbonyl (C=O) groups is 1. The summed E-state index contributed by atoms with van der Waals surface area (Å²) in [6.07, 6.45) is 17.2. The molecule has 0 aliphatic heterocycles. The first-order valence-electron chi connectivity index (χ1n) is 11.5. The van der Waals surface area contributed by atoms with Crippen LogP contribution < -0.4 is 0 Å². The van der Waals surface area contributed by atoms with Crippen molar-refractivity contribution in [1.29, 1.82) is 0 Å². The minimum atomic E-state index is -4.16. The van der Waals surface area contributed by atoms with Gasteiger partial charge in [-0.2, -0.15) is 8.42 Å². The third kappa shape index (κ3) is 22.2. The van der Waals surface area contributed by atoms with Crippen LogP contribution in [-0.2, 0) is 19.4 Å². The highest BCUT2D eigenvalue weighted by molar-refractivity contribution is 7.80. The number of hydrogen-bond donors (Lipinski definition) is 2. The monoisotopic (exact) mass is 453 g/mol. The Labute approximate surface area is 185 Å². The van der Waals surface area contributed by atoms with E-state index in [1.807, 2.05) is 19.0 Å². The van der Waals surface area contributed by atoms with E-state index in [1.165, 1.54) is 70.6 Å². The zero-order chi connectivity index (χ0) is 23.4. The predicted molar refractivity (Wildman–Crippen MR) is 123 cm³/mol. The molecular formula is C22H47NO6S. The molecule has 0 radical (unpaired) electrons. The summed E-state index contributed by atoms with van der Waals surface area (Å²) in [5.41, 5.74) is 0. The van der Waals surface area contributed by atoms with Gasteiger partial charge in [-0.05, 0) is 27.4 Å². The molecule has 0 saturated carbocycles. The van der Waals surface area contributed by atoms with E-state index in [4.69, 9.17) is 4.55 Å². The quantitative estimate of drug-likeness (QED) is 0.227. The maximum absolute atomic E-state index is 12.1. The fraction of sp³-hybridized carbons (Fsp3) is 0.955. The van der Waals surface area contributed by atoms with E-state index in [2.05, 4.69) is 11.1 Å². The largest absolute Gasteiger partial charge is 0.397 e. The Hall–Kier alpha value is -0.540. The summed E-state index contributed by atoms with van der Waals surface area (Å²) in [7, 11) is 0.429. The van der Waals surface area contributed by atoms with Crippen molar-refractivity contribution in [3.8, 4) is 0 Å². The third-order valence-electron chi connectivity index (χ3n) is 5.08. The average Bonchev–Trinajstić information content (AvgIpc) is 2.64. The fourth-order valence-corrected chi connectivity index (χ4v) is 3.45. The van der Waals surface area contributed by atoms with E-state index in [9.17, 15) is 18.3 Å². The van der Waals surface area contributed by atoms with Crippen molar-refractivity contribution in [2.75, 3.05) is 21.2 Å². The van der Waals surface area contributed by atoms with Gasteiger partial charge in [-0.15, -0.1) is 0 Å². The van der Waals surface area contributed by atoms with E-state index in [0.29, 0.717) is 6.42 Å². The predicted octanol–water partition coefficient (Wildman–Crippen LogP) is 4.78. The number of hydrogen-bond acceptors (Lipinski definition) is 6. The van der Waals surface area contributed by atoms with Crippen molar-refractivity contribution in [2.45, 2.75) is 116 Å². The van der Waals surface area contributed by atoms with Crippen molar-refractivity contribution >= 4 is 16.2 Å². The van der Waals surface area contributed by atoms with Crippen LogP contribution in [0.5, 0.6) is 0 Å². The molecule has 0 rings (SSSR count). The van der Waals surface area contributed by atoms with E-state index in [1.54, 1.807) is 6.92 Å². The standard InChI is InChI=1S/C21H43NO2.CH4O4S/c1-5-6-7-8-9-10-11-12-13-14-15-16-17-18-20(24)21(19(2)23)22(3)4;1-5-6(2,3)4/h19,21,23H,5-18H2,1-4H3;1H3,(H,2,3,4). The Morgan fingerprint density at radius 1 is 0.867 bits per heavy atom. The number of rotatable bonds is 18. The molecule has 0 saturated heterocycles. The topological polar surface area (TPSA) is 104 Å². The number of Topliss-reactive ketones (excluding diaryl/α,β-unsaturated/α-hetero) is 1. The van der Waals surface area contributed by atoms with E-state index < -0.39 is 16.5 Å². The summed E-state index contributed by atoms with van der Waals surface area (Å²) in [4.78, 5) is 14.0.